The van der Waals surface area contributed by atoms with Gasteiger partial charge in [-0.05, 0) is 25.0 Å². The Hall–Kier alpha value is -1.82. The normalized spacial score (nSPS) is 10.6. The number of allylic oxidation sites excluding steroid dienone is 6. The van der Waals surface area contributed by atoms with E-state index in [9.17, 15) is 0 Å². The Bertz CT molecular complexity index is 353. The van der Waals surface area contributed by atoms with Crippen LogP contribution in [0.5, 0.6) is 0 Å². The van der Waals surface area contributed by atoms with Gasteiger partial charge in [0, 0.05) is 0 Å². The van der Waals surface area contributed by atoms with Gasteiger partial charge in [0.1, 0.15) is 0 Å². The SMILES string of the molecule is C=C.CC.C\C=C/C=C(\C=C/C)c1ccccc1. The highest BCUT2D eigenvalue weighted by Gasteiger charge is 1.93. The van der Waals surface area contributed by atoms with Crippen molar-refractivity contribution in [3.05, 3.63) is 79.4 Å². The molecule has 1 rings (SSSR count). The molecule has 0 aromatic heterocycles. The molecule has 0 N–H and O–H groups in total. The molecular weight excluding hydrogens is 216 g/mol. The molecule has 0 heterocycles. The van der Waals surface area contributed by atoms with Crippen molar-refractivity contribution in [2.24, 2.45) is 0 Å². The average Bonchev–Trinajstić information content (AvgIpc) is 2.48. The van der Waals surface area contributed by atoms with E-state index in [2.05, 4.69) is 61.7 Å². The first-order chi connectivity index (χ1) is 8.88. The Morgan fingerprint density at radius 2 is 1.50 bits per heavy atom. The van der Waals surface area contributed by atoms with E-state index in [0.717, 1.165) is 0 Å². The molecule has 0 spiro atoms. The minimum atomic E-state index is 1.24. The minimum Gasteiger partial charge on any atom is -0.106 e. The van der Waals surface area contributed by atoms with Gasteiger partial charge in [0.2, 0.25) is 0 Å². The van der Waals surface area contributed by atoms with Crippen molar-refractivity contribution in [2.45, 2.75) is 27.7 Å². The van der Waals surface area contributed by atoms with E-state index < -0.39 is 0 Å². The Morgan fingerprint density at radius 3 is 1.94 bits per heavy atom. The first kappa shape index (κ1) is 18.5. The van der Waals surface area contributed by atoms with E-state index in [1.165, 1.54) is 11.1 Å². The summed E-state index contributed by atoms with van der Waals surface area (Å²) >= 11 is 0. The van der Waals surface area contributed by atoms with Crippen LogP contribution < -0.4 is 0 Å². The molecule has 98 valence electrons. The van der Waals surface area contributed by atoms with E-state index in [4.69, 9.17) is 0 Å². The van der Waals surface area contributed by atoms with Crippen LogP contribution in [0.1, 0.15) is 33.3 Å². The molecule has 0 fully saturated rings. The molecule has 1 aromatic rings. The number of rotatable bonds is 3. The summed E-state index contributed by atoms with van der Waals surface area (Å²) < 4.78 is 0. The molecule has 0 bridgehead atoms. The van der Waals surface area contributed by atoms with E-state index in [-0.39, 0.29) is 0 Å². The molecular formula is C18H26. The van der Waals surface area contributed by atoms with Gasteiger partial charge in [-0.2, -0.15) is 0 Å². The highest BCUT2D eigenvalue weighted by atomic mass is 14.0. The molecule has 1 aromatic carbocycles. The summed E-state index contributed by atoms with van der Waals surface area (Å²) in [4.78, 5) is 0. The van der Waals surface area contributed by atoms with Gasteiger partial charge >= 0.3 is 0 Å². The molecule has 0 saturated carbocycles. The fraction of sp³-hybridized carbons (Fsp3) is 0.222. The van der Waals surface area contributed by atoms with Crippen molar-refractivity contribution in [1.29, 1.82) is 0 Å². The van der Waals surface area contributed by atoms with Gasteiger partial charge in [0.25, 0.3) is 0 Å². The molecule has 0 aliphatic rings. The second kappa shape index (κ2) is 15.2. The second-order valence-corrected chi connectivity index (χ2v) is 3.01. The van der Waals surface area contributed by atoms with Crippen molar-refractivity contribution in [3.8, 4) is 0 Å². The molecule has 18 heavy (non-hydrogen) atoms. The standard InChI is InChI=1S/C14H16.C2H6.C2H4/c1-3-5-10-13(9-4-2)14-11-7-6-8-12-14;2*1-2/h3-12H,1-2H3;1-2H3;1-2H2/b5-3-,9-4-,13-10+;;. The number of benzene rings is 1. The monoisotopic (exact) mass is 242 g/mol. The largest absolute Gasteiger partial charge is 0.106 e. The van der Waals surface area contributed by atoms with Crippen LogP contribution in [0.4, 0.5) is 0 Å². The van der Waals surface area contributed by atoms with Gasteiger partial charge < -0.3 is 0 Å². The van der Waals surface area contributed by atoms with Crippen LogP contribution in [0, 0.1) is 0 Å². The molecule has 0 aliphatic carbocycles. The topological polar surface area (TPSA) is 0 Å². The molecule has 0 aliphatic heterocycles. The fourth-order valence-electron chi connectivity index (χ4n) is 1.26. The Balaban J connectivity index is 0. The van der Waals surface area contributed by atoms with E-state index in [1.807, 2.05) is 39.8 Å². The molecule has 0 amide bonds. The maximum Gasteiger partial charge on any atom is -0.0184 e. The first-order valence-electron chi connectivity index (χ1n) is 6.39. The molecule has 0 unspecified atom stereocenters. The third kappa shape index (κ3) is 8.35. The van der Waals surface area contributed by atoms with Crippen LogP contribution in [0.2, 0.25) is 0 Å². The summed E-state index contributed by atoms with van der Waals surface area (Å²) in [5.41, 5.74) is 2.50. The van der Waals surface area contributed by atoms with Crippen molar-refractivity contribution in [2.75, 3.05) is 0 Å². The molecule has 0 saturated heterocycles. The van der Waals surface area contributed by atoms with Gasteiger partial charge in [-0.25, -0.2) is 0 Å². The van der Waals surface area contributed by atoms with Crippen LogP contribution >= 0.6 is 0 Å². The first-order valence-corrected chi connectivity index (χ1v) is 6.39. The maximum atomic E-state index is 3.00. The lowest BCUT2D eigenvalue weighted by molar-refractivity contribution is 1.50. The zero-order valence-electron chi connectivity index (χ0n) is 12.2. The highest BCUT2D eigenvalue weighted by molar-refractivity contribution is 5.74. The summed E-state index contributed by atoms with van der Waals surface area (Å²) in [7, 11) is 0. The van der Waals surface area contributed by atoms with Crippen LogP contribution in [0.15, 0.2) is 73.9 Å². The fourth-order valence-corrected chi connectivity index (χ4v) is 1.26. The Morgan fingerprint density at radius 1 is 0.944 bits per heavy atom. The van der Waals surface area contributed by atoms with E-state index in [0.29, 0.717) is 0 Å². The van der Waals surface area contributed by atoms with Gasteiger partial charge in [-0.1, -0.05) is 74.6 Å². The zero-order chi connectivity index (χ0) is 14.2. The summed E-state index contributed by atoms with van der Waals surface area (Å²) in [6.45, 7) is 14.1. The van der Waals surface area contributed by atoms with Crippen molar-refractivity contribution in [3.63, 3.8) is 0 Å². The van der Waals surface area contributed by atoms with E-state index >= 15 is 0 Å². The third-order valence-corrected chi connectivity index (χ3v) is 1.92. The maximum absolute atomic E-state index is 3.00. The van der Waals surface area contributed by atoms with Crippen molar-refractivity contribution in [1.82, 2.24) is 0 Å². The van der Waals surface area contributed by atoms with Crippen LogP contribution in [0.25, 0.3) is 5.57 Å². The van der Waals surface area contributed by atoms with Crippen molar-refractivity contribution < 1.29 is 0 Å². The smallest absolute Gasteiger partial charge is 0.0184 e. The minimum absolute atomic E-state index is 1.24. The van der Waals surface area contributed by atoms with Gasteiger partial charge in [-0.3, -0.25) is 0 Å². The van der Waals surface area contributed by atoms with Crippen molar-refractivity contribution >= 4 is 5.57 Å². The molecule has 0 radical (unpaired) electrons. The lowest BCUT2D eigenvalue weighted by Gasteiger charge is -2.00. The number of hydrogen-bond donors (Lipinski definition) is 0. The zero-order valence-corrected chi connectivity index (χ0v) is 12.2. The van der Waals surface area contributed by atoms with Crippen LogP contribution in [-0.2, 0) is 0 Å². The Kier molecular flexibility index (Phi) is 15.6. The summed E-state index contributed by atoms with van der Waals surface area (Å²) in [6.07, 6.45) is 10.4. The highest BCUT2D eigenvalue weighted by Crippen LogP contribution is 2.15. The van der Waals surface area contributed by atoms with Gasteiger partial charge in [0.05, 0.1) is 0 Å². The Labute approximate surface area is 113 Å². The van der Waals surface area contributed by atoms with Crippen LogP contribution in [0.3, 0.4) is 0 Å². The predicted octanol–water partition coefficient (Wildman–Crippen LogP) is 6.05. The lowest BCUT2D eigenvalue weighted by Crippen LogP contribution is -1.78. The summed E-state index contributed by atoms with van der Waals surface area (Å²) in [6, 6.07) is 10.4. The van der Waals surface area contributed by atoms with Gasteiger partial charge in [0.15, 0.2) is 0 Å². The summed E-state index contributed by atoms with van der Waals surface area (Å²) in [5.74, 6) is 0. The van der Waals surface area contributed by atoms with Crippen LogP contribution in [-0.4, -0.2) is 0 Å². The average molecular weight is 242 g/mol. The second-order valence-electron chi connectivity index (χ2n) is 3.01. The quantitative estimate of drug-likeness (QED) is 0.447. The van der Waals surface area contributed by atoms with E-state index in [1.54, 1.807) is 0 Å². The molecule has 0 heteroatoms. The third-order valence-electron chi connectivity index (χ3n) is 1.92. The van der Waals surface area contributed by atoms with Gasteiger partial charge in [-0.15, -0.1) is 13.2 Å². The lowest BCUT2D eigenvalue weighted by atomic mass is 10.1. The molecule has 0 atom stereocenters. The molecule has 0 nitrogen and oxygen atoms in total. The number of hydrogen-bond acceptors (Lipinski definition) is 0. The predicted molar refractivity (Wildman–Crippen MR) is 86.6 cm³/mol. The summed E-state index contributed by atoms with van der Waals surface area (Å²) in [5, 5.41) is 0.